The van der Waals surface area contributed by atoms with E-state index in [0.29, 0.717) is 17.9 Å². The fourth-order valence-electron chi connectivity index (χ4n) is 2.39. The normalized spacial score (nSPS) is 10.7. The highest BCUT2D eigenvalue weighted by molar-refractivity contribution is 7.17. The number of thiophene rings is 1. The van der Waals surface area contributed by atoms with Crippen LogP contribution in [0.5, 0.6) is 5.75 Å². The molecular weight excluding hydrogens is 310 g/mol. The molecule has 0 aliphatic heterocycles. The number of pyridine rings is 1. The number of nitrogens with two attached hydrogens (primary N) is 1. The number of amides is 1. The summed E-state index contributed by atoms with van der Waals surface area (Å²) in [5, 5.41) is 6.54. The third-order valence-electron chi connectivity index (χ3n) is 3.53. The average Bonchev–Trinajstić information content (AvgIpc) is 3.00. The number of aryl methyl sites for hydroxylation is 1. The lowest BCUT2D eigenvalue weighted by Gasteiger charge is -2.15. The minimum Gasteiger partial charge on any atom is -0.492 e. The maximum atomic E-state index is 11.4. The van der Waals surface area contributed by atoms with Crippen LogP contribution in [0.25, 0.3) is 10.1 Å². The van der Waals surface area contributed by atoms with Crippen LogP contribution in [0, 0.1) is 6.92 Å². The Hall–Kier alpha value is -2.60. The van der Waals surface area contributed by atoms with Crippen LogP contribution in [0.15, 0.2) is 35.8 Å². The molecule has 0 aliphatic carbocycles. The first-order chi connectivity index (χ1) is 11.1. The lowest BCUT2D eigenvalue weighted by atomic mass is 10.1. The smallest absolute Gasteiger partial charge is 0.248 e. The van der Waals surface area contributed by atoms with Crippen molar-refractivity contribution in [3.8, 4) is 5.75 Å². The van der Waals surface area contributed by atoms with Gasteiger partial charge in [-0.25, -0.2) is 0 Å². The second-order valence-corrected chi connectivity index (χ2v) is 6.00. The Kier molecular flexibility index (Phi) is 4.16. The zero-order valence-electron chi connectivity index (χ0n) is 12.9. The van der Waals surface area contributed by atoms with Crippen molar-refractivity contribution in [2.75, 3.05) is 11.9 Å². The topological polar surface area (TPSA) is 77.2 Å². The van der Waals surface area contributed by atoms with Gasteiger partial charge in [0.2, 0.25) is 5.91 Å². The molecule has 23 heavy (non-hydrogen) atoms. The highest BCUT2D eigenvalue weighted by atomic mass is 32.1. The van der Waals surface area contributed by atoms with Gasteiger partial charge in [0.15, 0.2) is 0 Å². The Morgan fingerprint density at radius 3 is 2.96 bits per heavy atom. The summed E-state index contributed by atoms with van der Waals surface area (Å²) in [5.41, 5.74) is 8.38. The van der Waals surface area contributed by atoms with Crippen LogP contribution in [0.1, 0.15) is 23.0 Å². The molecule has 3 aromatic rings. The SMILES string of the molecule is CCOc1cc(C(N)=O)ccc1Nc1c(C)ncc2sccc12. The monoisotopic (exact) mass is 327 g/mol. The fourth-order valence-corrected chi connectivity index (χ4v) is 3.15. The van der Waals surface area contributed by atoms with E-state index in [1.165, 1.54) is 0 Å². The number of nitrogens with one attached hydrogen (secondary N) is 1. The number of fused-ring (bicyclic) bond motifs is 1. The summed E-state index contributed by atoms with van der Waals surface area (Å²) >= 11 is 1.65. The van der Waals surface area contributed by atoms with Gasteiger partial charge in [0.25, 0.3) is 0 Å². The number of hydrogen-bond donors (Lipinski definition) is 2. The maximum absolute atomic E-state index is 11.4. The third kappa shape index (κ3) is 2.98. The molecule has 0 spiro atoms. The summed E-state index contributed by atoms with van der Waals surface area (Å²) in [5.74, 6) is 0.116. The molecule has 0 radical (unpaired) electrons. The van der Waals surface area contributed by atoms with Crippen molar-refractivity contribution >= 4 is 38.7 Å². The molecule has 0 atom stereocenters. The number of nitrogens with zero attached hydrogens (tertiary/aromatic N) is 1. The minimum atomic E-state index is -0.477. The molecule has 1 aromatic carbocycles. The molecule has 1 amide bonds. The number of hydrogen-bond acceptors (Lipinski definition) is 5. The number of aromatic nitrogens is 1. The molecule has 2 aromatic heterocycles. The number of ether oxygens (including phenoxy) is 1. The highest BCUT2D eigenvalue weighted by Gasteiger charge is 2.12. The first-order valence-corrected chi connectivity index (χ1v) is 8.14. The van der Waals surface area contributed by atoms with E-state index in [1.54, 1.807) is 29.5 Å². The summed E-state index contributed by atoms with van der Waals surface area (Å²) in [6.07, 6.45) is 1.88. The highest BCUT2D eigenvalue weighted by Crippen LogP contribution is 2.35. The number of carbonyl (C=O) groups is 1. The van der Waals surface area contributed by atoms with Crippen LogP contribution in [0.2, 0.25) is 0 Å². The zero-order chi connectivity index (χ0) is 16.4. The number of primary amides is 1. The predicted octanol–water partition coefficient (Wildman–Crippen LogP) is 3.85. The van der Waals surface area contributed by atoms with E-state index < -0.39 is 5.91 Å². The molecule has 0 saturated carbocycles. The quantitative estimate of drug-likeness (QED) is 0.746. The maximum Gasteiger partial charge on any atom is 0.248 e. The Bertz CT molecular complexity index is 873. The molecule has 3 N–H and O–H groups in total. The summed E-state index contributed by atoms with van der Waals surface area (Å²) in [6.45, 7) is 4.35. The van der Waals surface area contributed by atoms with Gasteiger partial charge in [0, 0.05) is 17.1 Å². The number of anilines is 2. The molecule has 0 unspecified atom stereocenters. The number of rotatable bonds is 5. The van der Waals surface area contributed by atoms with E-state index in [2.05, 4.69) is 16.4 Å². The number of carbonyl (C=O) groups excluding carboxylic acids is 1. The van der Waals surface area contributed by atoms with Crippen LogP contribution in [0.4, 0.5) is 11.4 Å². The largest absolute Gasteiger partial charge is 0.492 e. The molecular formula is C17H17N3O2S. The molecule has 3 rings (SSSR count). The van der Waals surface area contributed by atoms with Gasteiger partial charge in [-0.3, -0.25) is 9.78 Å². The van der Waals surface area contributed by atoms with Gasteiger partial charge in [0.1, 0.15) is 5.75 Å². The van der Waals surface area contributed by atoms with Gasteiger partial charge < -0.3 is 15.8 Å². The molecule has 5 nitrogen and oxygen atoms in total. The molecule has 0 bridgehead atoms. The first-order valence-electron chi connectivity index (χ1n) is 7.26. The van der Waals surface area contributed by atoms with Crippen LogP contribution >= 0.6 is 11.3 Å². The molecule has 2 heterocycles. The van der Waals surface area contributed by atoms with E-state index in [9.17, 15) is 4.79 Å². The van der Waals surface area contributed by atoms with Crippen LogP contribution in [-0.4, -0.2) is 17.5 Å². The van der Waals surface area contributed by atoms with Gasteiger partial charge in [-0.1, -0.05) is 0 Å². The van der Waals surface area contributed by atoms with E-state index >= 15 is 0 Å². The predicted molar refractivity (Wildman–Crippen MR) is 93.8 cm³/mol. The van der Waals surface area contributed by atoms with Crippen LogP contribution < -0.4 is 15.8 Å². The number of benzene rings is 1. The first kappa shape index (κ1) is 15.3. The Labute approximate surface area is 138 Å². The van der Waals surface area contributed by atoms with Crippen molar-refractivity contribution < 1.29 is 9.53 Å². The summed E-state index contributed by atoms with van der Waals surface area (Å²) in [6, 6.07) is 7.21. The van der Waals surface area contributed by atoms with Gasteiger partial charge in [0.05, 0.1) is 28.4 Å². The van der Waals surface area contributed by atoms with E-state index in [4.69, 9.17) is 10.5 Å². The summed E-state index contributed by atoms with van der Waals surface area (Å²) in [7, 11) is 0. The van der Waals surface area contributed by atoms with Gasteiger partial charge in [-0.2, -0.15) is 0 Å². The van der Waals surface area contributed by atoms with Crippen molar-refractivity contribution in [3.63, 3.8) is 0 Å². The second kappa shape index (κ2) is 6.26. The van der Waals surface area contributed by atoms with Crippen molar-refractivity contribution in [2.45, 2.75) is 13.8 Å². The Morgan fingerprint density at radius 1 is 1.39 bits per heavy atom. The van der Waals surface area contributed by atoms with Crippen molar-refractivity contribution in [3.05, 3.63) is 47.1 Å². The molecule has 0 fully saturated rings. The van der Waals surface area contributed by atoms with E-state index in [0.717, 1.165) is 27.2 Å². The van der Waals surface area contributed by atoms with Gasteiger partial charge in [-0.05, 0) is 43.5 Å². The van der Waals surface area contributed by atoms with Gasteiger partial charge >= 0.3 is 0 Å². The Morgan fingerprint density at radius 2 is 2.22 bits per heavy atom. The van der Waals surface area contributed by atoms with Crippen molar-refractivity contribution in [1.82, 2.24) is 4.98 Å². The van der Waals surface area contributed by atoms with E-state index in [-0.39, 0.29) is 0 Å². The summed E-state index contributed by atoms with van der Waals surface area (Å²) in [4.78, 5) is 15.8. The van der Waals surface area contributed by atoms with Crippen LogP contribution in [0.3, 0.4) is 0 Å². The van der Waals surface area contributed by atoms with Crippen molar-refractivity contribution in [2.24, 2.45) is 5.73 Å². The lowest BCUT2D eigenvalue weighted by molar-refractivity contribution is 0.1000. The molecule has 0 aliphatic rings. The fraction of sp³-hybridized carbons (Fsp3) is 0.176. The minimum absolute atomic E-state index is 0.419. The molecule has 6 heteroatoms. The molecule has 0 saturated heterocycles. The standard InChI is InChI=1S/C17H17N3O2S/c1-3-22-14-8-11(17(18)21)4-5-13(14)20-16-10(2)19-9-15-12(16)6-7-23-15/h4-9,20H,3H2,1-2H3,(H2,18,21). The lowest BCUT2D eigenvalue weighted by Crippen LogP contribution is -2.11. The second-order valence-electron chi connectivity index (χ2n) is 5.05. The molecule has 118 valence electrons. The van der Waals surface area contributed by atoms with Crippen molar-refractivity contribution in [1.29, 1.82) is 0 Å². The Balaban J connectivity index is 2.06. The third-order valence-corrected chi connectivity index (χ3v) is 4.38. The zero-order valence-corrected chi connectivity index (χ0v) is 13.7. The van der Waals surface area contributed by atoms with E-state index in [1.807, 2.05) is 25.4 Å². The van der Waals surface area contributed by atoms with Gasteiger partial charge in [-0.15, -0.1) is 11.3 Å². The van der Waals surface area contributed by atoms with Crippen LogP contribution in [-0.2, 0) is 0 Å². The summed E-state index contributed by atoms with van der Waals surface area (Å²) < 4.78 is 6.76. The average molecular weight is 327 g/mol.